The molecule has 6 N–H and O–H groups in total. The van der Waals surface area contributed by atoms with E-state index < -0.39 is 50.3 Å². The predicted molar refractivity (Wildman–Crippen MR) is 183 cm³/mol. The molecule has 2 amide bonds. The number of hydrogen-bond donors (Lipinski definition) is 6. The fraction of sp³-hybridized carbons (Fsp3) is 0.444. The summed E-state index contributed by atoms with van der Waals surface area (Å²) in [6.07, 6.45) is -8.62. The number of amides is 2. The standard InChI is InChI=1S/C36H44N2O10Si/c1-20-32(49(3,4)24-15-13-23(46-2)14-16-24)27(17-18-39)48-36(20)25-7-5-6-8-26(25)38(35(36)45)19-21-9-11-22(12-10-21)37-33(43)31-29(41)28(40)30(42)34(44)47-31/h5-16,20,27-32,34,39-42,44H,17-19H2,1-4H3,(H,37,43)/t20-,27+,28-,29-,30+,31-,32-,34+,36+/m0/s1. The summed E-state index contributed by atoms with van der Waals surface area (Å²) < 4.78 is 17.3. The topological polar surface area (TPSA) is 178 Å². The molecule has 0 radical (unpaired) electrons. The smallest absolute Gasteiger partial charge is 0.264 e. The third-order valence-corrected chi connectivity index (χ3v) is 14.9. The van der Waals surface area contributed by atoms with Crippen LogP contribution >= 0.6 is 0 Å². The summed E-state index contributed by atoms with van der Waals surface area (Å²) in [6.45, 7) is 6.86. The number of carbonyl (C=O) groups is 2. The second kappa shape index (κ2) is 13.6. The average molecular weight is 693 g/mol. The summed E-state index contributed by atoms with van der Waals surface area (Å²) in [7, 11) is -0.658. The quantitative estimate of drug-likeness (QED) is 0.181. The Balaban J connectivity index is 1.24. The van der Waals surface area contributed by atoms with Crippen LogP contribution in [0.15, 0.2) is 72.8 Å². The molecule has 2 fully saturated rings. The fourth-order valence-electron chi connectivity index (χ4n) is 7.99. The van der Waals surface area contributed by atoms with E-state index in [1.54, 1.807) is 36.3 Å². The third-order valence-electron chi connectivity index (χ3n) is 10.6. The van der Waals surface area contributed by atoms with Crippen LogP contribution in [-0.4, -0.2) is 95.9 Å². The van der Waals surface area contributed by atoms with Gasteiger partial charge in [-0.2, -0.15) is 0 Å². The summed E-state index contributed by atoms with van der Waals surface area (Å²) in [6, 6.07) is 22.6. The molecule has 1 spiro atoms. The number of methoxy groups -OCH3 is 1. The maximum Gasteiger partial charge on any atom is 0.264 e. The first-order valence-electron chi connectivity index (χ1n) is 16.5. The lowest BCUT2D eigenvalue weighted by molar-refractivity contribution is -0.274. The van der Waals surface area contributed by atoms with Gasteiger partial charge in [0, 0.05) is 23.8 Å². The number of anilines is 2. The fourth-order valence-corrected chi connectivity index (χ4v) is 12.0. The Kier molecular flexibility index (Phi) is 9.74. The van der Waals surface area contributed by atoms with E-state index in [0.29, 0.717) is 12.1 Å². The van der Waals surface area contributed by atoms with Crippen LogP contribution in [0.4, 0.5) is 11.4 Å². The number of nitrogens with zero attached hydrogens (tertiary/aromatic N) is 1. The zero-order valence-corrected chi connectivity index (χ0v) is 28.9. The van der Waals surface area contributed by atoms with E-state index in [0.717, 1.165) is 22.6 Å². The molecular weight excluding hydrogens is 648 g/mol. The van der Waals surface area contributed by atoms with Crippen molar-refractivity contribution in [3.05, 3.63) is 83.9 Å². The van der Waals surface area contributed by atoms with Gasteiger partial charge in [0.2, 0.25) is 0 Å². The molecule has 262 valence electrons. The first kappa shape index (κ1) is 35.2. The molecule has 2 saturated heterocycles. The summed E-state index contributed by atoms with van der Waals surface area (Å²) in [4.78, 5) is 29.3. The van der Waals surface area contributed by atoms with Gasteiger partial charge in [-0.1, -0.05) is 67.7 Å². The van der Waals surface area contributed by atoms with Gasteiger partial charge in [-0.3, -0.25) is 9.59 Å². The largest absolute Gasteiger partial charge is 0.497 e. The number of aliphatic hydroxyl groups excluding tert-OH is 5. The molecule has 12 nitrogen and oxygen atoms in total. The number of ether oxygens (including phenoxy) is 3. The highest BCUT2D eigenvalue weighted by atomic mass is 28.3. The monoisotopic (exact) mass is 692 g/mol. The number of rotatable bonds is 9. The van der Waals surface area contributed by atoms with Gasteiger partial charge in [-0.15, -0.1) is 0 Å². The molecule has 0 aliphatic carbocycles. The van der Waals surface area contributed by atoms with Gasteiger partial charge in [-0.05, 0) is 47.9 Å². The number of hydrogen-bond acceptors (Lipinski definition) is 10. The van der Waals surface area contributed by atoms with Gasteiger partial charge in [0.25, 0.3) is 11.8 Å². The van der Waals surface area contributed by atoms with E-state index in [-0.39, 0.29) is 36.6 Å². The molecule has 9 atom stereocenters. The van der Waals surface area contributed by atoms with Gasteiger partial charge in [0.15, 0.2) is 18.0 Å². The average Bonchev–Trinajstić information content (AvgIpc) is 3.52. The van der Waals surface area contributed by atoms with E-state index in [4.69, 9.17) is 14.2 Å². The first-order valence-corrected chi connectivity index (χ1v) is 19.5. The zero-order valence-electron chi connectivity index (χ0n) is 27.9. The van der Waals surface area contributed by atoms with E-state index in [1.165, 1.54) is 5.19 Å². The molecule has 3 aromatic rings. The minimum absolute atomic E-state index is 0.0186. The molecule has 3 aliphatic heterocycles. The van der Waals surface area contributed by atoms with Crippen LogP contribution in [0.2, 0.25) is 18.6 Å². The van der Waals surface area contributed by atoms with Crippen molar-refractivity contribution < 1.29 is 49.3 Å². The Morgan fingerprint density at radius 1 is 0.959 bits per heavy atom. The van der Waals surface area contributed by atoms with Crippen molar-refractivity contribution in [2.24, 2.45) is 5.92 Å². The number of nitrogens with one attached hydrogen (secondary N) is 1. The predicted octanol–water partition coefficient (Wildman–Crippen LogP) is 1.58. The maximum atomic E-state index is 14.7. The molecule has 3 aromatic carbocycles. The van der Waals surface area contributed by atoms with Crippen LogP contribution < -0.4 is 20.1 Å². The number of aliphatic hydroxyl groups is 5. The van der Waals surface area contributed by atoms with Gasteiger partial charge in [0.1, 0.15) is 24.1 Å². The minimum atomic E-state index is -2.30. The molecule has 3 aliphatic rings. The molecule has 0 bridgehead atoms. The Morgan fingerprint density at radius 2 is 1.63 bits per heavy atom. The van der Waals surface area contributed by atoms with Crippen molar-refractivity contribution in [3.63, 3.8) is 0 Å². The highest BCUT2D eigenvalue weighted by Crippen LogP contribution is 2.60. The number of fused-ring (bicyclic) bond motifs is 2. The van der Waals surface area contributed by atoms with Crippen LogP contribution in [0.1, 0.15) is 24.5 Å². The Labute approximate surface area is 285 Å². The Morgan fingerprint density at radius 3 is 2.29 bits per heavy atom. The van der Waals surface area contributed by atoms with Crippen molar-refractivity contribution >= 4 is 36.4 Å². The zero-order chi connectivity index (χ0) is 35.2. The Hall–Kier alpha value is -3.66. The van der Waals surface area contributed by atoms with Crippen molar-refractivity contribution in [1.29, 1.82) is 0 Å². The SMILES string of the molecule is COc1ccc([Si](C)(C)[C@@H]2[C@@H](CCO)O[C@]3(C(=O)N(Cc4ccc(NC(=O)[C@H]5O[C@@H](O)[C@H](O)[C@@H](O)[C@@H]5O)cc4)c4ccccc43)[C@H]2C)cc1. The molecular formula is C36H44N2O10Si. The number of benzene rings is 3. The van der Waals surface area contributed by atoms with Crippen molar-refractivity contribution in [3.8, 4) is 5.75 Å². The molecule has 13 heteroatoms. The van der Waals surface area contributed by atoms with E-state index in [9.17, 15) is 35.1 Å². The minimum Gasteiger partial charge on any atom is -0.497 e. The normalized spacial score (nSPS) is 31.2. The maximum absolute atomic E-state index is 14.7. The molecule has 0 aromatic heterocycles. The van der Waals surface area contributed by atoms with Crippen LogP contribution in [-0.2, 0) is 31.2 Å². The third kappa shape index (κ3) is 5.97. The van der Waals surface area contributed by atoms with Gasteiger partial charge < -0.3 is 50.0 Å². The lowest BCUT2D eigenvalue weighted by Gasteiger charge is -2.37. The number of carbonyl (C=O) groups excluding carboxylic acids is 2. The van der Waals surface area contributed by atoms with Crippen molar-refractivity contribution in [1.82, 2.24) is 0 Å². The van der Waals surface area contributed by atoms with Crippen LogP contribution in [0.5, 0.6) is 5.75 Å². The molecule has 0 unspecified atom stereocenters. The van der Waals surface area contributed by atoms with Crippen molar-refractivity contribution in [2.45, 2.75) is 80.9 Å². The van der Waals surface area contributed by atoms with Gasteiger partial charge in [0.05, 0.1) is 33.5 Å². The summed E-state index contributed by atoms with van der Waals surface area (Å²) in [5, 5.41) is 53.6. The van der Waals surface area contributed by atoms with Gasteiger partial charge in [-0.25, -0.2) is 0 Å². The van der Waals surface area contributed by atoms with Crippen LogP contribution in [0, 0.1) is 5.92 Å². The summed E-state index contributed by atoms with van der Waals surface area (Å²) in [5.41, 5.74) is 1.49. The lowest BCUT2D eigenvalue weighted by atomic mass is 9.82. The summed E-state index contributed by atoms with van der Waals surface area (Å²) in [5.74, 6) is -0.391. The molecule has 6 rings (SSSR count). The Bertz CT molecular complexity index is 1670. The first-order chi connectivity index (χ1) is 23.3. The highest BCUT2D eigenvalue weighted by Gasteiger charge is 2.66. The highest BCUT2D eigenvalue weighted by molar-refractivity contribution is 6.91. The van der Waals surface area contributed by atoms with E-state index >= 15 is 0 Å². The summed E-state index contributed by atoms with van der Waals surface area (Å²) >= 11 is 0. The lowest BCUT2D eigenvalue weighted by Crippen LogP contribution is -2.60. The van der Waals surface area contributed by atoms with E-state index in [1.807, 2.05) is 36.4 Å². The van der Waals surface area contributed by atoms with Gasteiger partial charge >= 0.3 is 0 Å². The van der Waals surface area contributed by atoms with Crippen LogP contribution in [0.25, 0.3) is 0 Å². The second-order valence-electron chi connectivity index (χ2n) is 13.7. The number of para-hydroxylation sites is 1. The molecule has 49 heavy (non-hydrogen) atoms. The molecule has 3 heterocycles. The second-order valence-corrected chi connectivity index (χ2v) is 18.4. The van der Waals surface area contributed by atoms with E-state index in [2.05, 4.69) is 37.5 Å². The van der Waals surface area contributed by atoms with Crippen molar-refractivity contribution in [2.75, 3.05) is 23.9 Å². The van der Waals surface area contributed by atoms with Crippen LogP contribution in [0.3, 0.4) is 0 Å². The molecule has 0 saturated carbocycles.